The fraction of sp³-hybridized carbons (Fsp3) is 0.583. The number of hydrogen-bond donors (Lipinski definition) is 2. The van der Waals surface area contributed by atoms with E-state index in [1.54, 1.807) is 4.90 Å². The number of fused-ring (bicyclic) bond motifs is 1. The third-order valence-electron chi connectivity index (χ3n) is 3.73. The number of nitrogen functional groups attached to an aromatic ring is 1. The summed E-state index contributed by atoms with van der Waals surface area (Å²) in [5.41, 5.74) is 8.41. The van der Waals surface area contributed by atoms with E-state index in [0.29, 0.717) is 19.1 Å². The highest BCUT2D eigenvalue weighted by atomic mass is 16.2. The fourth-order valence-corrected chi connectivity index (χ4v) is 2.40. The van der Waals surface area contributed by atoms with Crippen LogP contribution in [0, 0.1) is 6.92 Å². The van der Waals surface area contributed by atoms with Gasteiger partial charge in [-0.25, -0.2) is 14.8 Å². The van der Waals surface area contributed by atoms with Gasteiger partial charge in [0.15, 0.2) is 0 Å². The lowest BCUT2D eigenvalue weighted by Gasteiger charge is -2.28. The van der Waals surface area contributed by atoms with E-state index in [4.69, 9.17) is 5.73 Å². The second-order valence-electron chi connectivity index (χ2n) is 5.03. The number of anilines is 1. The molecular weight excluding hydrogens is 230 g/mol. The lowest BCUT2D eigenvalue weighted by Crippen LogP contribution is -2.45. The van der Waals surface area contributed by atoms with Crippen LogP contribution < -0.4 is 11.1 Å². The molecule has 1 saturated carbocycles. The molecule has 0 bridgehead atoms. The lowest BCUT2D eigenvalue weighted by atomic mass is 9.93. The largest absolute Gasteiger partial charge is 0.368 e. The van der Waals surface area contributed by atoms with Gasteiger partial charge in [-0.3, -0.25) is 0 Å². The number of amides is 2. The Hall–Kier alpha value is -1.85. The minimum absolute atomic E-state index is 0.00401. The van der Waals surface area contributed by atoms with Crippen LogP contribution in [-0.2, 0) is 13.1 Å². The summed E-state index contributed by atoms with van der Waals surface area (Å²) < 4.78 is 0. The number of carbonyl (C=O) groups is 1. The summed E-state index contributed by atoms with van der Waals surface area (Å²) in [5.74, 6) is 0.285. The number of nitrogens with two attached hydrogens (primary N) is 1. The van der Waals surface area contributed by atoms with Crippen molar-refractivity contribution in [1.82, 2.24) is 20.2 Å². The summed E-state index contributed by atoms with van der Waals surface area (Å²) in [6.07, 6.45) is 3.41. The molecule has 2 amide bonds. The van der Waals surface area contributed by atoms with Crippen LogP contribution in [0.5, 0.6) is 0 Å². The predicted octanol–water partition coefficient (Wildman–Crippen LogP) is 0.945. The summed E-state index contributed by atoms with van der Waals surface area (Å²) in [7, 11) is 0. The van der Waals surface area contributed by atoms with Crippen molar-refractivity contribution in [3.63, 3.8) is 0 Å². The Labute approximate surface area is 106 Å². The van der Waals surface area contributed by atoms with E-state index < -0.39 is 0 Å². The van der Waals surface area contributed by atoms with Crippen molar-refractivity contribution in [3.05, 3.63) is 17.0 Å². The second-order valence-corrected chi connectivity index (χ2v) is 5.03. The summed E-state index contributed by atoms with van der Waals surface area (Å²) in [5, 5.41) is 3.03. The maximum Gasteiger partial charge on any atom is 0.318 e. The van der Waals surface area contributed by atoms with Crippen LogP contribution in [0.1, 0.15) is 36.2 Å². The Bertz CT molecular complexity index is 497. The fourth-order valence-electron chi connectivity index (χ4n) is 2.40. The van der Waals surface area contributed by atoms with Gasteiger partial charge in [-0.1, -0.05) is 0 Å². The van der Waals surface area contributed by atoms with Crippen LogP contribution in [-0.4, -0.2) is 26.9 Å². The quantitative estimate of drug-likeness (QED) is 0.773. The van der Waals surface area contributed by atoms with Crippen LogP contribution in [0.25, 0.3) is 0 Å². The molecule has 18 heavy (non-hydrogen) atoms. The van der Waals surface area contributed by atoms with Gasteiger partial charge in [0.05, 0.1) is 18.8 Å². The first-order chi connectivity index (χ1) is 8.63. The van der Waals surface area contributed by atoms with Gasteiger partial charge in [0, 0.05) is 17.3 Å². The highest BCUT2D eigenvalue weighted by Crippen LogP contribution is 2.25. The van der Waals surface area contributed by atoms with E-state index in [9.17, 15) is 4.79 Å². The number of nitrogens with one attached hydrogen (secondary N) is 1. The number of aryl methyl sites for hydroxylation is 1. The molecule has 1 aromatic heterocycles. The van der Waals surface area contributed by atoms with Crippen molar-refractivity contribution in [2.45, 2.75) is 45.3 Å². The minimum Gasteiger partial charge on any atom is -0.368 e. The smallest absolute Gasteiger partial charge is 0.318 e. The number of carbonyl (C=O) groups excluding carboxylic acids is 1. The molecule has 2 heterocycles. The van der Waals surface area contributed by atoms with Crippen molar-refractivity contribution in [1.29, 1.82) is 0 Å². The van der Waals surface area contributed by atoms with Crippen molar-refractivity contribution in [2.75, 3.05) is 5.73 Å². The minimum atomic E-state index is -0.00401. The van der Waals surface area contributed by atoms with Crippen molar-refractivity contribution < 1.29 is 4.79 Å². The van der Waals surface area contributed by atoms with Crippen LogP contribution in [0.15, 0.2) is 0 Å². The zero-order chi connectivity index (χ0) is 12.7. The van der Waals surface area contributed by atoms with Crippen molar-refractivity contribution >= 4 is 12.0 Å². The Morgan fingerprint density at radius 1 is 1.39 bits per heavy atom. The van der Waals surface area contributed by atoms with Gasteiger partial charge in [0.25, 0.3) is 0 Å². The molecule has 1 aliphatic carbocycles. The zero-order valence-electron chi connectivity index (χ0n) is 10.4. The Morgan fingerprint density at radius 3 is 2.83 bits per heavy atom. The molecule has 2 aliphatic rings. The first-order valence-corrected chi connectivity index (χ1v) is 6.31. The molecule has 0 saturated heterocycles. The maximum absolute atomic E-state index is 12.0. The van der Waals surface area contributed by atoms with Crippen LogP contribution in [0.3, 0.4) is 0 Å². The molecule has 1 aliphatic heterocycles. The molecule has 96 valence electrons. The number of aromatic nitrogens is 2. The second kappa shape index (κ2) is 4.12. The first kappa shape index (κ1) is 11.3. The van der Waals surface area contributed by atoms with Crippen LogP contribution >= 0.6 is 0 Å². The van der Waals surface area contributed by atoms with Gasteiger partial charge < -0.3 is 16.0 Å². The number of nitrogens with zero attached hydrogens (tertiary/aromatic N) is 3. The molecule has 0 radical (unpaired) electrons. The highest BCUT2D eigenvalue weighted by molar-refractivity contribution is 5.75. The zero-order valence-corrected chi connectivity index (χ0v) is 10.4. The van der Waals surface area contributed by atoms with Crippen molar-refractivity contribution in [2.24, 2.45) is 0 Å². The molecule has 1 fully saturated rings. The van der Waals surface area contributed by atoms with Crippen molar-refractivity contribution in [3.8, 4) is 0 Å². The third kappa shape index (κ3) is 1.87. The average molecular weight is 247 g/mol. The maximum atomic E-state index is 12.0. The Morgan fingerprint density at radius 2 is 2.17 bits per heavy atom. The number of hydrogen-bond acceptors (Lipinski definition) is 4. The first-order valence-electron chi connectivity index (χ1n) is 6.31. The van der Waals surface area contributed by atoms with Gasteiger partial charge in [0.1, 0.15) is 0 Å². The van der Waals surface area contributed by atoms with Gasteiger partial charge in [0.2, 0.25) is 5.95 Å². The summed E-state index contributed by atoms with van der Waals surface area (Å²) in [6, 6.07) is 0.356. The topological polar surface area (TPSA) is 84.1 Å². The van der Waals surface area contributed by atoms with E-state index in [1.165, 1.54) is 6.42 Å². The number of rotatable bonds is 1. The molecule has 0 spiro atoms. The van der Waals surface area contributed by atoms with Gasteiger partial charge in [-0.15, -0.1) is 0 Å². The Balaban J connectivity index is 1.72. The molecule has 6 nitrogen and oxygen atoms in total. The van der Waals surface area contributed by atoms with Crippen LogP contribution in [0.4, 0.5) is 10.7 Å². The molecular formula is C12H17N5O. The molecule has 3 rings (SSSR count). The third-order valence-corrected chi connectivity index (χ3v) is 3.73. The van der Waals surface area contributed by atoms with Gasteiger partial charge in [-0.2, -0.15) is 0 Å². The summed E-state index contributed by atoms with van der Waals surface area (Å²) >= 11 is 0. The van der Waals surface area contributed by atoms with Crippen LogP contribution in [0.2, 0.25) is 0 Å². The predicted molar refractivity (Wildman–Crippen MR) is 66.6 cm³/mol. The van der Waals surface area contributed by atoms with E-state index in [1.807, 2.05) is 6.92 Å². The van der Waals surface area contributed by atoms with E-state index >= 15 is 0 Å². The SMILES string of the molecule is Cc1nc(N)nc2c1CN(C(=O)NC1CCC1)C2. The summed E-state index contributed by atoms with van der Waals surface area (Å²) in [6.45, 7) is 3.02. The molecule has 0 unspecified atom stereocenters. The molecule has 6 heteroatoms. The van der Waals surface area contributed by atoms with E-state index in [-0.39, 0.29) is 12.0 Å². The molecule has 1 aromatic rings. The highest BCUT2D eigenvalue weighted by Gasteiger charge is 2.29. The Kier molecular flexibility index (Phi) is 2.57. The number of urea groups is 1. The normalized spacial score (nSPS) is 18.4. The molecule has 3 N–H and O–H groups in total. The average Bonchev–Trinajstić information content (AvgIpc) is 2.67. The summed E-state index contributed by atoms with van der Waals surface area (Å²) in [4.78, 5) is 22.2. The lowest BCUT2D eigenvalue weighted by molar-refractivity contribution is 0.186. The standard InChI is InChI=1S/C12H17N5O/c1-7-9-5-17(6-10(9)16-11(13)14-7)12(18)15-8-3-2-4-8/h8H,2-6H2,1H3,(H,15,18)(H2,13,14,16). The van der Waals surface area contributed by atoms with Gasteiger partial charge >= 0.3 is 6.03 Å². The van der Waals surface area contributed by atoms with Gasteiger partial charge in [-0.05, 0) is 26.2 Å². The molecule has 0 atom stereocenters. The molecule has 0 aromatic carbocycles. The van der Waals surface area contributed by atoms with E-state index in [2.05, 4.69) is 15.3 Å². The van der Waals surface area contributed by atoms with E-state index in [0.717, 1.165) is 29.8 Å². The monoisotopic (exact) mass is 247 g/mol.